The van der Waals surface area contributed by atoms with Gasteiger partial charge in [-0.3, -0.25) is 0 Å². The largest absolute Gasteiger partial charge is 0.351 e. The molecular formula is C21H23N3. The maximum absolute atomic E-state index is 4.78. The second-order valence-corrected chi connectivity index (χ2v) is 6.58. The first-order valence-electron chi connectivity index (χ1n) is 8.56. The van der Waals surface area contributed by atoms with Crippen LogP contribution in [0.15, 0.2) is 49.2 Å². The van der Waals surface area contributed by atoms with Gasteiger partial charge < -0.3 is 9.47 Å². The normalized spacial score (nSPS) is 14.0. The van der Waals surface area contributed by atoms with Gasteiger partial charge >= 0.3 is 0 Å². The van der Waals surface area contributed by atoms with Crippen LogP contribution in [0.4, 0.5) is 5.82 Å². The number of aryl methyl sites for hydroxylation is 1. The van der Waals surface area contributed by atoms with Crippen LogP contribution in [0.5, 0.6) is 0 Å². The average Bonchev–Trinajstić information content (AvgIpc) is 2.87. The summed E-state index contributed by atoms with van der Waals surface area (Å²) in [5, 5.41) is 1.29. The van der Waals surface area contributed by atoms with Crippen molar-refractivity contribution in [2.45, 2.75) is 26.3 Å². The van der Waals surface area contributed by atoms with Gasteiger partial charge in [-0.25, -0.2) is 4.98 Å². The number of rotatable bonds is 3. The fraction of sp³-hybridized carbons (Fsp3) is 0.286. The van der Waals surface area contributed by atoms with Crippen molar-refractivity contribution < 1.29 is 0 Å². The molecule has 1 aromatic carbocycles. The molecule has 24 heavy (non-hydrogen) atoms. The molecule has 0 bridgehead atoms. The molecule has 0 N–H and O–H groups in total. The van der Waals surface area contributed by atoms with E-state index in [9.17, 15) is 0 Å². The zero-order chi connectivity index (χ0) is 16.7. The summed E-state index contributed by atoms with van der Waals surface area (Å²) in [6, 6.07) is 10.9. The molecule has 0 saturated heterocycles. The molecule has 0 amide bonds. The molecule has 4 rings (SSSR count). The van der Waals surface area contributed by atoms with Gasteiger partial charge in [0.25, 0.3) is 0 Å². The molecule has 0 aliphatic carbocycles. The lowest BCUT2D eigenvalue weighted by Crippen LogP contribution is -2.31. The summed E-state index contributed by atoms with van der Waals surface area (Å²) in [7, 11) is 2.14. The molecule has 0 fully saturated rings. The van der Waals surface area contributed by atoms with Crippen LogP contribution in [-0.2, 0) is 26.4 Å². The Kier molecular flexibility index (Phi) is 3.64. The number of hydrogen-bond donors (Lipinski definition) is 0. The van der Waals surface area contributed by atoms with Gasteiger partial charge in [-0.05, 0) is 42.5 Å². The van der Waals surface area contributed by atoms with E-state index >= 15 is 0 Å². The fourth-order valence-electron chi connectivity index (χ4n) is 3.88. The molecule has 3 heterocycles. The second kappa shape index (κ2) is 5.82. The number of allylic oxidation sites excluding steroid dienone is 1. The van der Waals surface area contributed by atoms with Gasteiger partial charge in [-0.1, -0.05) is 30.3 Å². The number of fused-ring (bicyclic) bond motifs is 2. The van der Waals surface area contributed by atoms with Crippen molar-refractivity contribution in [1.29, 1.82) is 0 Å². The first kappa shape index (κ1) is 15.0. The molecule has 0 atom stereocenters. The Morgan fingerprint density at radius 3 is 2.79 bits per heavy atom. The summed E-state index contributed by atoms with van der Waals surface area (Å²) >= 11 is 0. The lowest BCUT2D eigenvalue weighted by Gasteiger charge is -2.30. The number of nitrogens with zero attached hydrogens (tertiary/aromatic N) is 3. The second-order valence-electron chi connectivity index (χ2n) is 6.58. The van der Waals surface area contributed by atoms with Gasteiger partial charge in [0.05, 0.1) is 5.52 Å². The highest BCUT2D eigenvalue weighted by Crippen LogP contribution is 2.34. The van der Waals surface area contributed by atoms with Gasteiger partial charge in [-0.15, -0.1) is 6.58 Å². The van der Waals surface area contributed by atoms with Gasteiger partial charge in [0, 0.05) is 37.4 Å². The van der Waals surface area contributed by atoms with Crippen LogP contribution in [0.25, 0.3) is 10.9 Å². The van der Waals surface area contributed by atoms with Crippen LogP contribution < -0.4 is 4.90 Å². The van der Waals surface area contributed by atoms with Gasteiger partial charge in [0.1, 0.15) is 5.82 Å². The Balaban J connectivity index is 1.86. The molecule has 122 valence electrons. The Hall–Kier alpha value is -2.55. The van der Waals surface area contributed by atoms with Crippen LogP contribution in [0.1, 0.15) is 22.4 Å². The predicted molar refractivity (Wildman–Crippen MR) is 101 cm³/mol. The Bertz CT molecular complexity index is 920. The molecule has 3 nitrogen and oxygen atoms in total. The van der Waals surface area contributed by atoms with E-state index in [0.29, 0.717) is 0 Å². The van der Waals surface area contributed by atoms with Gasteiger partial charge in [-0.2, -0.15) is 0 Å². The first-order valence-corrected chi connectivity index (χ1v) is 8.56. The molecule has 0 spiro atoms. The number of pyridine rings is 1. The molecule has 0 unspecified atom stereocenters. The molecule has 1 aliphatic rings. The molecule has 3 aromatic rings. The van der Waals surface area contributed by atoms with Crippen LogP contribution in [0.3, 0.4) is 0 Å². The van der Waals surface area contributed by atoms with Crippen molar-refractivity contribution in [2.75, 3.05) is 11.4 Å². The summed E-state index contributed by atoms with van der Waals surface area (Å²) in [6.45, 7) is 8.08. The third-order valence-electron chi connectivity index (χ3n) is 5.29. The van der Waals surface area contributed by atoms with Crippen molar-refractivity contribution in [2.24, 2.45) is 7.05 Å². The van der Waals surface area contributed by atoms with E-state index in [2.05, 4.69) is 60.3 Å². The van der Waals surface area contributed by atoms with Gasteiger partial charge in [0.2, 0.25) is 0 Å². The Labute approximate surface area is 143 Å². The van der Waals surface area contributed by atoms with Gasteiger partial charge in [0.15, 0.2) is 0 Å². The minimum atomic E-state index is 0.881. The minimum Gasteiger partial charge on any atom is -0.351 e. The van der Waals surface area contributed by atoms with Crippen molar-refractivity contribution in [1.82, 2.24) is 9.55 Å². The van der Waals surface area contributed by atoms with E-state index in [0.717, 1.165) is 31.7 Å². The molecule has 0 saturated carbocycles. The van der Waals surface area contributed by atoms with Crippen molar-refractivity contribution in [3.05, 3.63) is 71.6 Å². The summed E-state index contributed by atoms with van der Waals surface area (Å²) in [6.07, 6.45) is 5.89. The van der Waals surface area contributed by atoms with E-state index in [1.165, 1.54) is 33.3 Å². The van der Waals surface area contributed by atoms with Crippen molar-refractivity contribution >= 4 is 16.7 Å². The van der Waals surface area contributed by atoms with Crippen LogP contribution in [0, 0.1) is 6.92 Å². The smallest absolute Gasteiger partial charge is 0.138 e. The number of aromatic nitrogens is 2. The highest BCUT2D eigenvalue weighted by molar-refractivity contribution is 5.95. The third-order valence-corrected chi connectivity index (χ3v) is 5.29. The van der Waals surface area contributed by atoms with Crippen LogP contribution in [0.2, 0.25) is 0 Å². The average molecular weight is 317 g/mol. The van der Waals surface area contributed by atoms with E-state index < -0.39 is 0 Å². The fourth-order valence-corrected chi connectivity index (χ4v) is 3.88. The zero-order valence-corrected chi connectivity index (χ0v) is 14.4. The summed E-state index contributed by atoms with van der Waals surface area (Å²) in [5.74, 6) is 1.11. The molecular weight excluding hydrogens is 294 g/mol. The van der Waals surface area contributed by atoms with Crippen molar-refractivity contribution in [3.8, 4) is 0 Å². The molecule has 3 heteroatoms. The maximum atomic E-state index is 4.78. The maximum Gasteiger partial charge on any atom is 0.138 e. The molecule has 2 aromatic heterocycles. The lowest BCUT2D eigenvalue weighted by atomic mass is 9.99. The van der Waals surface area contributed by atoms with E-state index in [1.807, 2.05) is 12.3 Å². The predicted octanol–water partition coefficient (Wildman–Crippen LogP) is 4.17. The molecule has 1 aliphatic heterocycles. The topological polar surface area (TPSA) is 21.1 Å². The highest BCUT2D eigenvalue weighted by atomic mass is 15.2. The standard InChI is InChI=1S/C21H23N3/c1-4-7-18-15(2)23(3)19-10-12-22-21(20(18)19)24-13-11-16-8-5-6-9-17(16)14-24/h4-6,8-10,12H,1,7,11,13-14H2,2-3H3. The minimum absolute atomic E-state index is 0.881. The van der Waals surface area contributed by atoms with E-state index in [1.54, 1.807) is 0 Å². The van der Waals surface area contributed by atoms with Crippen LogP contribution in [-0.4, -0.2) is 16.1 Å². The number of hydrogen-bond acceptors (Lipinski definition) is 2. The summed E-state index contributed by atoms with van der Waals surface area (Å²) in [4.78, 5) is 7.21. The van der Waals surface area contributed by atoms with Crippen molar-refractivity contribution in [3.63, 3.8) is 0 Å². The third kappa shape index (κ3) is 2.23. The highest BCUT2D eigenvalue weighted by Gasteiger charge is 2.22. The Morgan fingerprint density at radius 2 is 2.00 bits per heavy atom. The van der Waals surface area contributed by atoms with E-state index in [-0.39, 0.29) is 0 Å². The van der Waals surface area contributed by atoms with Crippen LogP contribution >= 0.6 is 0 Å². The number of benzene rings is 1. The summed E-state index contributed by atoms with van der Waals surface area (Å²) < 4.78 is 2.28. The monoisotopic (exact) mass is 317 g/mol. The summed E-state index contributed by atoms with van der Waals surface area (Å²) in [5.41, 5.74) is 6.80. The lowest BCUT2D eigenvalue weighted by molar-refractivity contribution is 0.724. The van der Waals surface area contributed by atoms with E-state index in [4.69, 9.17) is 4.98 Å². The molecule has 0 radical (unpaired) electrons. The zero-order valence-electron chi connectivity index (χ0n) is 14.4. The SMILES string of the molecule is C=CCc1c(C)n(C)c2ccnc(N3CCc4ccccc4C3)c12. The first-order chi connectivity index (χ1) is 11.7. The Morgan fingerprint density at radius 1 is 1.21 bits per heavy atom. The number of anilines is 1. The quantitative estimate of drug-likeness (QED) is 0.676.